The number of unbranched alkanes of at least 4 members (excludes halogenated alkanes) is 15. The molecule has 5 heteroatoms. The van der Waals surface area contributed by atoms with Crippen LogP contribution in [-0.4, -0.2) is 57.3 Å². The lowest BCUT2D eigenvalue weighted by molar-refractivity contribution is -0.000458. The summed E-state index contributed by atoms with van der Waals surface area (Å²) in [5, 5.41) is 0. The molecule has 0 unspecified atom stereocenters. The van der Waals surface area contributed by atoms with Gasteiger partial charge in [-0.1, -0.05) is 126 Å². The van der Waals surface area contributed by atoms with Gasteiger partial charge in [0.2, 0.25) is 0 Å². The largest absolute Gasteiger partial charge is 0.379 e. The van der Waals surface area contributed by atoms with E-state index in [1.165, 1.54) is 103 Å². The molecule has 0 fully saturated rings. The van der Waals surface area contributed by atoms with Gasteiger partial charge in [-0.3, -0.25) is 0 Å². The Balaban J connectivity index is 2.98. The fourth-order valence-corrected chi connectivity index (χ4v) is 3.88. The minimum absolute atomic E-state index is 0.632. The lowest BCUT2D eigenvalue weighted by Gasteiger charge is -2.07. The van der Waals surface area contributed by atoms with Gasteiger partial charge in [-0.15, -0.1) is 0 Å². The first-order valence-corrected chi connectivity index (χ1v) is 14.8. The zero-order chi connectivity index (χ0) is 22.5. The summed E-state index contributed by atoms with van der Waals surface area (Å²) in [7, 11) is 0. The van der Waals surface area contributed by atoms with Crippen LogP contribution in [0.2, 0.25) is 0 Å². The van der Waals surface area contributed by atoms with Gasteiger partial charge in [0, 0.05) is 11.0 Å². The van der Waals surface area contributed by atoms with Crippen LogP contribution in [0.3, 0.4) is 0 Å². The molecule has 0 aromatic rings. The molecule has 0 rings (SSSR count). The molecule has 0 aromatic carbocycles. The Morgan fingerprint density at radius 3 is 1.00 bits per heavy atom. The van der Waals surface area contributed by atoms with Crippen LogP contribution in [0, 0.1) is 0 Å². The summed E-state index contributed by atoms with van der Waals surface area (Å²) in [5.74, 6) is 0. The molecule has 0 heterocycles. The predicted octanol–water partition coefficient (Wildman–Crippen LogP) is 7.75. The SMILES string of the molecule is CCCCCCCCCCCCCCCCCCOCCOCCOCCOCCI. The summed E-state index contributed by atoms with van der Waals surface area (Å²) < 4.78 is 22.9. The zero-order valence-corrected chi connectivity index (χ0v) is 22.8. The van der Waals surface area contributed by atoms with Crippen molar-refractivity contribution in [3.8, 4) is 0 Å². The first-order chi connectivity index (χ1) is 15.4. The highest BCUT2D eigenvalue weighted by Crippen LogP contribution is 2.13. The fourth-order valence-electron chi connectivity index (χ4n) is 3.57. The van der Waals surface area contributed by atoms with E-state index < -0.39 is 0 Å². The van der Waals surface area contributed by atoms with Crippen molar-refractivity contribution in [1.82, 2.24) is 0 Å². The first-order valence-electron chi connectivity index (χ1n) is 13.3. The summed E-state index contributed by atoms with van der Waals surface area (Å²) >= 11 is 2.30. The fraction of sp³-hybridized carbons (Fsp3) is 1.00. The lowest BCUT2D eigenvalue weighted by Crippen LogP contribution is -2.12. The second kappa shape index (κ2) is 30.6. The number of hydrogen-bond donors (Lipinski definition) is 0. The molecular weight excluding hydrogens is 503 g/mol. The van der Waals surface area contributed by atoms with E-state index in [9.17, 15) is 0 Å². The number of hydrogen-bond acceptors (Lipinski definition) is 4. The van der Waals surface area contributed by atoms with Gasteiger partial charge in [0.1, 0.15) is 0 Å². The van der Waals surface area contributed by atoms with Crippen molar-refractivity contribution < 1.29 is 18.9 Å². The van der Waals surface area contributed by atoms with Gasteiger partial charge < -0.3 is 18.9 Å². The highest BCUT2D eigenvalue weighted by molar-refractivity contribution is 14.1. The van der Waals surface area contributed by atoms with Gasteiger partial charge >= 0.3 is 0 Å². The van der Waals surface area contributed by atoms with Crippen molar-refractivity contribution in [2.75, 3.05) is 57.3 Å². The van der Waals surface area contributed by atoms with E-state index in [1.54, 1.807) is 0 Å². The molecule has 188 valence electrons. The second-order valence-electron chi connectivity index (χ2n) is 8.44. The van der Waals surface area contributed by atoms with Gasteiger partial charge in [0.15, 0.2) is 0 Å². The third-order valence-electron chi connectivity index (χ3n) is 5.48. The molecule has 0 saturated carbocycles. The molecule has 0 spiro atoms. The minimum atomic E-state index is 0.632. The van der Waals surface area contributed by atoms with E-state index in [2.05, 4.69) is 29.5 Å². The Morgan fingerprint density at radius 1 is 0.355 bits per heavy atom. The summed E-state index contributed by atoms with van der Waals surface area (Å²) in [4.78, 5) is 0. The molecule has 0 aliphatic carbocycles. The van der Waals surface area contributed by atoms with Crippen molar-refractivity contribution >= 4 is 22.6 Å². The van der Waals surface area contributed by atoms with E-state index in [4.69, 9.17) is 18.9 Å². The number of rotatable bonds is 28. The van der Waals surface area contributed by atoms with Crippen molar-refractivity contribution in [2.24, 2.45) is 0 Å². The monoisotopic (exact) mass is 556 g/mol. The highest BCUT2D eigenvalue weighted by atomic mass is 127. The molecule has 0 bridgehead atoms. The van der Waals surface area contributed by atoms with Crippen LogP contribution in [0.15, 0.2) is 0 Å². The molecule has 0 atom stereocenters. The molecule has 0 radical (unpaired) electrons. The number of ether oxygens (including phenoxy) is 4. The highest BCUT2D eigenvalue weighted by Gasteiger charge is 1.96. The zero-order valence-electron chi connectivity index (χ0n) is 20.7. The minimum Gasteiger partial charge on any atom is -0.379 e. The summed E-state index contributed by atoms with van der Waals surface area (Å²) in [5.41, 5.74) is 0. The normalized spacial score (nSPS) is 11.4. The average Bonchev–Trinajstić information content (AvgIpc) is 2.78. The third kappa shape index (κ3) is 30.6. The van der Waals surface area contributed by atoms with Crippen LogP contribution in [0.4, 0.5) is 0 Å². The van der Waals surface area contributed by atoms with Crippen LogP contribution >= 0.6 is 22.6 Å². The van der Waals surface area contributed by atoms with Gasteiger partial charge in [-0.25, -0.2) is 0 Å². The Labute approximate surface area is 208 Å². The Kier molecular flexibility index (Phi) is 31.1. The van der Waals surface area contributed by atoms with Crippen LogP contribution in [0.5, 0.6) is 0 Å². The number of alkyl halides is 1. The molecule has 0 N–H and O–H groups in total. The maximum atomic E-state index is 5.64. The van der Waals surface area contributed by atoms with E-state index in [1.807, 2.05) is 0 Å². The summed E-state index contributed by atoms with van der Waals surface area (Å²) in [6, 6.07) is 0. The average molecular weight is 557 g/mol. The molecule has 0 aromatic heterocycles. The molecule has 4 nitrogen and oxygen atoms in total. The van der Waals surface area contributed by atoms with E-state index in [0.29, 0.717) is 39.6 Å². The Morgan fingerprint density at radius 2 is 0.645 bits per heavy atom. The topological polar surface area (TPSA) is 36.9 Å². The van der Waals surface area contributed by atoms with E-state index in [-0.39, 0.29) is 0 Å². The molecule has 0 saturated heterocycles. The van der Waals surface area contributed by atoms with Gasteiger partial charge in [-0.05, 0) is 6.42 Å². The van der Waals surface area contributed by atoms with Gasteiger partial charge in [0.05, 0.1) is 46.2 Å². The summed E-state index contributed by atoms with van der Waals surface area (Å²) in [6.07, 6.45) is 22.5. The van der Waals surface area contributed by atoms with Crippen LogP contribution < -0.4 is 0 Å². The maximum absolute atomic E-state index is 5.64. The summed E-state index contributed by atoms with van der Waals surface area (Å²) in [6.45, 7) is 7.90. The second-order valence-corrected chi connectivity index (χ2v) is 9.52. The molecule has 0 aliphatic heterocycles. The molecule has 31 heavy (non-hydrogen) atoms. The number of halogens is 1. The first kappa shape index (κ1) is 31.6. The van der Waals surface area contributed by atoms with Gasteiger partial charge in [-0.2, -0.15) is 0 Å². The lowest BCUT2D eigenvalue weighted by atomic mass is 10.0. The van der Waals surface area contributed by atoms with Crippen LogP contribution in [-0.2, 0) is 18.9 Å². The standard InChI is InChI=1S/C26H53IO4/c1-2-3-4-5-6-7-8-9-10-11-12-13-14-15-16-17-19-28-21-23-30-25-26-31-24-22-29-20-18-27/h2-26H2,1H3. The van der Waals surface area contributed by atoms with Crippen LogP contribution in [0.25, 0.3) is 0 Å². The van der Waals surface area contributed by atoms with E-state index in [0.717, 1.165) is 17.6 Å². The molecular formula is C26H53IO4. The van der Waals surface area contributed by atoms with Gasteiger partial charge in [0.25, 0.3) is 0 Å². The van der Waals surface area contributed by atoms with Crippen molar-refractivity contribution in [1.29, 1.82) is 0 Å². The molecule has 0 aliphatic rings. The maximum Gasteiger partial charge on any atom is 0.0701 e. The van der Waals surface area contributed by atoms with Crippen molar-refractivity contribution in [2.45, 2.75) is 110 Å². The van der Waals surface area contributed by atoms with E-state index >= 15 is 0 Å². The van der Waals surface area contributed by atoms with Crippen molar-refractivity contribution in [3.63, 3.8) is 0 Å². The Hall–Kier alpha value is 0.570. The Bertz CT molecular complexity index is 277. The van der Waals surface area contributed by atoms with Crippen LogP contribution in [0.1, 0.15) is 110 Å². The third-order valence-corrected chi connectivity index (χ3v) is 5.92. The molecule has 0 amide bonds. The predicted molar refractivity (Wildman–Crippen MR) is 142 cm³/mol. The van der Waals surface area contributed by atoms with Crippen molar-refractivity contribution in [3.05, 3.63) is 0 Å². The quantitative estimate of drug-likeness (QED) is 0.0561. The smallest absolute Gasteiger partial charge is 0.0701 e.